The van der Waals surface area contributed by atoms with E-state index >= 15 is 0 Å². The third-order valence-electron chi connectivity index (χ3n) is 4.04. The normalized spacial score (nSPS) is 23.4. The Morgan fingerprint density at radius 3 is 2.17 bits per heavy atom. The van der Waals surface area contributed by atoms with Crippen LogP contribution in [0.4, 0.5) is 0 Å². The predicted octanol–water partition coefficient (Wildman–Crippen LogP) is 1.94. The molecule has 0 aromatic heterocycles. The molecule has 0 bridgehead atoms. The lowest BCUT2D eigenvalue weighted by Gasteiger charge is -2.48. The van der Waals surface area contributed by atoms with Gasteiger partial charge in [0.2, 0.25) is 11.8 Å². The highest BCUT2D eigenvalue weighted by molar-refractivity contribution is 5.99. The summed E-state index contributed by atoms with van der Waals surface area (Å²) in [5.74, 6) is 0.224. The Balaban J connectivity index is 3.14. The molecule has 1 N–H and O–H groups in total. The van der Waals surface area contributed by atoms with Gasteiger partial charge in [0.15, 0.2) is 0 Å². The van der Waals surface area contributed by atoms with E-state index in [2.05, 4.69) is 5.32 Å². The zero-order valence-corrected chi connectivity index (χ0v) is 12.2. The summed E-state index contributed by atoms with van der Waals surface area (Å²) in [6, 6.07) is -0.365. The van der Waals surface area contributed by atoms with E-state index in [1.807, 2.05) is 39.5 Å². The van der Waals surface area contributed by atoms with E-state index in [-0.39, 0.29) is 23.8 Å². The van der Waals surface area contributed by atoms with Crippen LogP contribution in [-0.4, -0.2) is 34.8 Å². The number of amides is 2. The van der Waals surface area contributed by atoms with Gasteiger partial charge in [-0.05, 0) is 25.2 Å². The number of rotatable bonds is 5. The number of nitrogens with zero attached hydrogens (tertiary/aromatic N) is 1. The van der Waals surface area contributed by atoms with E-state index in [4.69, 9.17) is 0 Å². The van der Waals surface area contributed by atoms with Gasteiger partial charge in [0.25, 0.3) is 0 Å². The summed E-state index contributed by atoms with van der Waals surface area (Å²) >= 11 is 0. The molecule has 1 saturated heterocycles. The van der Waals surface area contributed by atoms with Crippen LogP contribution in [-0.2, 0) is 9.59 Å². The molecule has 104 valence electrons. The Labute approximate surface area is 110 Å². The van der Waals surface area contributed by atoms with E-state index in [1.165, 1.54) is 0 Å². The molecule has 1 heterocycles. The molecule has 1 rings (SSSR count). The fourth-order valence-corrected chi connectivity index (χ4v) is 2.79. The molecule has 0 aromatic rings. The fraction of sp³-hybridized carbons (Fsp3) is 0.857. The van der Waals surface area contributed by atoms with Crippen molar-refractivity contribution in [3.05, 3.63) is 0 Å². The van der Waals surface area contributed by atoms with Crippen LogP contribution in [0.25, 0.3) is 0 Å². The summed E-state index contributed by atoms with van der Waals surface area (Å²) in [6.45, 7) is 10.6. The SMILES string of the molecule is CCCN1C(=O)C(C(C)C)NC(=O)C1(CC)CC. The van der Waals surface area contributed by atoms with Crippen molar-refractivity contribution in [2.24, 2.45) is 5.92 Å². The van der Waals surface area contributed by atoms with Gasteiger partial charge < -0.3 is 10.2 Å². The molecule has 0 aromatic carbocycles. The second kappa shape index (κ2) is 5.72. The van der Waals surface area contributed by atoms with Crippen molar-refractivity contribution in [1.82, 2.24) is 10.2 Å². The lowest BCUT2D eigenvalue weighted by molar-refractivity contribution is -0.159. The maximum Gasteiger partial charge on any atom is 0.246 e. The van der Waals surface area contributed by atoms with Gasteiger partial charge in [-0.15, -0.1) is 0 Å². The van der Waals surface area contributed by atoms with Crippen molar-refractivity contribution in [2.45, 2.75) is 65.5 Å². The Kier molecular flexibility index (Phi) is 4.77. The van der Waals surface area contributed by atoms with E-state index < -0.39 is 5.54 Å². The highest BCUT2D eigenvalue weighted by Gasteiger charge is 2.50. The van der Waals surface area contributed by atoms with Crippen LogP contribution < -0.4 is 5.32 Å². The van der Waals surface area contributed by atoms with E-state index in [0.717, 1.165) is 6.42 Å². The largest absolute Gasteiger partial charge is 0.342 e. The zero-order chi connectivity index (χ0) is 13.9. The average Bonchev–Trinajstić information content (AvgIpc) is 2.34. The van der Waals surface area contributed by atoms with Gasteiger partial charge in [0, 0.05) is 6.54 Å². The van der Waals surface area contributed by atoms with Gasteiger partial charge in [0.05, 0.1) is 0 Å². The Hall–Kier alpha value is -1.06. The molecule has 18 heavy (non-hydrogen) atoms. The summed E-state index contributed by atoms with van der Waals surface area (Å²) in [7, 11) is 0. The number of nitrogens with one attached hydrogen (secondary N) is 1. The number of carbonyl (C=O) groups excluding carboxylic acids is 2. The van der Waals surface area contributed by atoms with Crippen molar-refractivity contribution in [1.29, 1.82) is 0 Å². The zero-order valence-electron chi connectivity index (χ0n) is 12.2. The molecule has 4 nitrogen and oxygen atoms in total. The molecule has 4 heteroatoms. The minimum absolute atomic E-state index is 0.0132. The standard InChI is InChI=1S/C14H26N2O2/c1-6-9-16-12(17)11(10(4)5)15-13(18)14(16,7-2)8-3/h10-11H,6-9H2,1-5H3,(H,15,18). The van der Waals surface area contributed by atoms with Gasteiger partial charge in [-0.3, -0.25) is 9.59 Å². The van der Waals surface area contributed by atoms with Gasteiger partial charge in [-0.2, -0.15) is 0 Å². The smallest absolute Gasteiger partial charge is 0.246 e. The van der Waals surface area contributed by atoms with Gasteiger partial charge >= 0.3 is 0 Å². The van der Waals surface area contributed by atoms with Crippen molar-refractivity contribution in [3.8, 4) is 0 Å². The predicted molar refractivity (Wildman–Crippen MR) is 72.1 cm³/mol. The molecule has 0 spiro atoms. The second-order valence-corrected chi connectivity index (χ2v) is 5.42. The Bertz CT molecular complexity index is 322. The van der Waals surface area contributed by atoms with Gasteiger partial charge in [0.1, 0.15) is 11.6 Å². The average molecular weight is 254 g/mol. The van der Waals surface area contributed by atoms with Gasteiger partial charge in [-0.25, -0.2) is 0 Å². The summed E-state index contributed by atoms with van der Waals surface area (Å²) < 4.78 is 0. The highest BCUT2D eigenvalue weighted by Crippen LogP contribution is 2.30. The van der Waals surface area contributed by atoms with Crippen molar-refractivity contribution < 1.29 is 9.59 Å². The molecule has 0 radical (unpaired) electrons. The number of hydrogen-bond acceptors (Lipinski definition) is 2. The van der Waals surface area contributed by atoms with Crippen molar-refractivity contribution >= 4 is 11.8 Å². The summed E-state index contributed by atoms with van der Waals surface area (Å²) in [4.78, 5) is 26.8. The molecule has 1 aliphatic heterocycles. The lowest BCUT2D eigenvalue weighted by Crippen LogP contribution is -2.71. The molecule has 0 saturated carbocycles. The van der Waals surface area contributed by atoms with E-state index in [9.17, 15) is 9.59 Å². The second-order valence-electron chi connectivity index (χ2n) is 5.42. The van der Waals surface area contributed by atoms with Crippen molar-refractivity contribution in [3.63, 3.8) is 0 Å². The summed E-state index contributed by atoms with van der Waals surface area (Å²) in [6.07, 6.45) is 2.23. The third-order valence-corrected chi connectivity index (χ3v) is 4.04. The van der Waals surface area contributed by atoms with Crippen LogP contribution in [0.1, 0.15) is 53.9 Å². The van der Waals surface area contributed by atoms with Crippen LogP contribution in [0.2, 0.25) is 0 Å². The van der Waals surface area contributed by atoms with Crippen LogP contribution >= 0.6 is 0 Å². The highest BCUT2D eigenvalue weighted by atomic mass is 16.2. The molecule has 1 unspecified atom stereocenters. The molecular weight excluding hydrogens is 228 g/mol. The first kappa shape index (κ1) is 15.0. The fourth-order valence-electron chi connectivity index (χ4n) is 2.79. The van der Waals surface area contributed by atoms with Gasteiger partial charge in [-0.1, -0.05) is 34.6 Å². The first-order valence-corrected chi connectivity index (χ1v) is 7.07. The summed E-state index contributed by atoms with van der Waals surface area (Å²) in [5.41, 5.74) is -0.640. The molecule has 1 aliphatic rings. The topological polar surface area (TPSA) is 49.4 Å². The quantitative estimate of drug-likeness (QED) is 0.815. The summed E-state index contributed by atoms with van der Waals surface area (Å²) in [5, 5.41) is 2.92. The molecule has 0 aliphatic carbocycles. The maximum atomic E-state index is 12.5. The van der Waals surface area contributed by atoms with Crippen LogP contribution in [0, 0.1) is 5.92 Å². The first-order valence-electron chi connectivity index (χ1n) is 7.07. The minimum atomic E-state index is -0.640. The van der Waals surface area contributed by atoms with Crippen LogP contribution in [0.15, 0.2) is 0 Å². The minimum Gasteiger partial charge on any atom is -0.342 e. The number of carbonyl (C=O) groups is 2. The molecular formula is C14H26N2O2. The van der Waals surface area contributed by atoms with Crippen molar-refractivity contribution in [2.75, 3.05) is 6.54 Å². The Morgan fingerprint density at radius 2 is 1.78 bits per heavy atom. The maximum absolute atomic E-state index is 12.5. The molecule has 2 amide bonds. The van der Waals surface area contributed by atoms with E-state index in [1.54, 1.807) is 0 Å². The number of hydrogen-bond donors (Lipinski definition) is 1. The van der Waals surface area contributed by atoms with E-state index in [0.29, 0.717) is 19.4 Å². The van der Waals surface area contributed by atoms with Crippen LogP contribution in [0.3, 0.4) is 0 Å². The monoisotopic (exact) mass is 254 g/mol. The number of piperazine rings is 1. The first-order chi connectivity index (χ1) is 8.44. The van der Waals surface area contributed by atoms with Crippen LogP contribution in [0.5, 0.6) is 0 Å². The molecule has 1 atom stereocenters. The lowest BCUT2D eigenvalue weighted by atomic mass is 9.84. The molecule has 1 fully saturated rings. The third kappa shape index (κ3) is 2.25. The Morgan fingerprint density at radius 1 is 1.22 bits per heavy atom.